The first kappa shape index (κ1) is 13.4. The van der Waals surface area contributed by atoms with Gasteiger partial charge in [0.1, 0.15) is 0 Å². The molecule has 0 bridgehead atoms. The normalized spacial score (nSPS) is 10.5. The van der Waals surface area contributed by atoms with Crippen molar-refractivity contribution in [3.05, 3.63) is 0 Å². The molecule has 0 saturated heterocycles. The van der Waals surface area contributed by atoms with E-state index in [0.29, 0.717) is 19.1 Å². The van der Waals surface area contributed by atoms with E-state index in [1.165, 1.54) is 0 Å². The molecule has 1 aromatic heterocycles. The zero-order valence-corrected chi connectivity index (χ0v) is 10.4. The van der Waals surface area contributed by atoms with Crippen LogP contribution in [0.4, 0.5) is 17.8 Å². The highest BCUT2D eigenvalue weighted by Gasteiger charge is 2.12. The van der Waals surface area contributed by atoms with Gasteiger partial charge in [0.2, 0.25) is 11.9 Å². The van der Waals surface area contributed by atoms with Gasteiger partial charge in [-0.25, -0.2) is 5.06 Å². The van der Waals surface area contributed by atoms with Gasteiger partial charge in [0.15, 0.2) is 0 Å². The van der Waals surface area contributed by atoms with Gasteiger partial charge in [-0.15, -0.1) is 0 Å². The number of nitrogens with two attached hydrogens (primary N) is 2. The largest absolute Gasteiger partial charge is 0.368 e. The Kier molecular flexibility index (Phi) is 5.41. The molecule has 0 aliphatic heterocycles. The smallest absolute Gasteiger partial charge is 0.256 e. The number of anilines is 3. The van der Waals surface area contributed by atoms with Gasteiger partial charge in [-0.3, -0.25) is 4.84 Å². The molecular weight excluding hydrogens is 220 g/mol. The molecule has 1 heterocycles. The van der Waals surface area contributed by atoms with Crippen molar-refractivity contribution >= 4 is 17.8 Å². The summed E-state index contributed by atoms with van der Waals surface area (Å²) in [7, 11) is 0. The summed E-state index contributed by atoms with van der Waals surface area (Å²) in [5.74, 6) is 0.583. The fourth-order valence-corrected chi connectivity index (χ4v) is 1.23. The van der Waals surface area contributed by atoms with E-state index in [4.69, 9.17) is 16.3 Å². The Labute approximate surface area is 101 Å². The van der Waals surface area contributed by atoms with Crippen molar-refractivity contribution in [1.82, 2.24) is 15.0 Å². The highest BCUT2D eigenvalue weighted by molar-refractivity contribution is 5.37. The Balaban J connectivity index is 2.78. The number of hydrogen-bond acceptors (Lipinski definition) is 7. The third-order valence-electron chi connectivity index (χ3n) is 2.05. The second kappa shape index (κ2) is 6.85. The molecule has 1 aromatic rings. The number of unbranched alkanes of at least 4 members (excludes halogenated alkanes) is 1. The second-order valence-electron chi connectivity index (χ2n) is 3.64. The Morgan fingerprint density at radius 3 is 2.24 bits per heavy atom. The van der Waals surface area contributed by atoms with Gasteiger partial charge in [-0.2, -0.15) is 15.0 Å². The summed E-state index contributed by atoms with van der Waals surface area (Å²) in [5, 5.41) is 1.63. The average molecular weight is 240 g/mol. The summed E-state index contributed by atoms with van der Waals surface area (Å²) in [6.07, 6.45) is 2.95. The zero-order valence-electron chi connectivity index (χ0n) is 10.4. The van der Waals surface area contributed by atoms with E-state index >= 15 is 0 Å². The summed E-state index contributed by atoms with van der Waals surface area (Å²) in [6.45, 7) is 5.46. The topological polar surface area (TPSA) is 103 Å². The van der Waals surface area contributed by atoms with Crippen LogP contribution in [0.3, 0.4) is 0 Å². The molecule has 7 nitrogen and oxygen atoms in total. The molecular formula is C10H20N6O. The van der Waals surface area contributed by atoms with Gasteiger partial charge in [-0.1, -0.05) is 20.3 Å². The Morgan fingerprint density at radius 2 is 1.71 bits per heavy atom. The van der Waals surface area contributed by atoms with Crippen molar-refractivity contribution in [3.8, 4) is 0 Å². The van der Waals surface area contributed by atoms with Crippen molar-refractivity contribution in [2.75, 3.05) is 29.7 Å². The van der Waals surface area contributed by atoms with Crippen molar-refractivity contribution in [1.29, 1.82) is 0 Å². The van der Waals surface area contributed by atoms with E-state index in [1.54, 1.807) is 5.06 Å². The van der Waals surface area contributed by atoms with Crippen molar-refractivity contribution in [3.63, 3.8) is 0 Å². The Bertz CT molecular complexity index is 317. The van der Waals surface area contributed by atoms with E-state index < -0.39 is 0 Å². The molecule has 0 saturated carbocycles. The van der Waals surface area contributed by atoms with Gasteiger partial charge < -0.3 is 11.5 Å². The first-order valence-electron chi connectivity index (χ1n) is 5.84. The zero-order chi connectivity index (χ0) is 12.7. The van der Waals surface area contributed by atoms with E-state index in [-0.39, 0.29) is 11.9 Å². The lowest BCUT2D eigenvalue weighted by Crippen LogP contribution is -2.28. The van der Waals surface area contributed by atoms with Crippen LogP contribution < -0.4 is 16.5 Å². The monoisotopic (exact) mass is 240 g/mol. The predicted octanol–water partition coefficient (Wildman–Crippen LogP) is 0.984. The van der Waals surface area contributed by atoms with Gasteiger partial charge in [-0.05, 0) is 12.8 Å². The molecule has 0 spiro atoms. The van der Waals surface area contributed by atoms with Crippen molar-refractivity contribution in [2.24, 2.45) is 0 Å². The van der Waals surface area contributed by atoms with Crippen LogP contribution in [0.1, 0.15) is 33.1 Å². The van der Waals surface area contributed by atoms with Crippen LogP contribution in [0.25, 0.3) is 0 Å². The van der Waals surface area contributed by atoms with E-state index in [2.05, 4.69) is 21.9 Å². The minimum absolute atomic E-state index is 0.106. The molecule has 4 N–H and O–H groups in total. The minimum Gasteiger partial charge on any atom is -0.368 e. The van der Waals surface area contributed by atoms with Crippen molar-refractivity contribution in [2.45, 2.75) is 33.1 Å². The quantitative estimate of drug-likeness (QED) is 0.685. The highest BCUT2D eigenvalue weighted by Crippen LogP contribution is 2.12. The van der Waals surface area contributed by atoms with Crippen LogP contribution in [0.5, 0.6) is 0 Å². The maximum atomic E-state index is 5.56. The summed E-state index contributed by atoms with van der Waals surface area (Å²) in [5.41, 5.74) is 11.1. The maximum absolute atomic E-state index is 5.56. The fraction of sp³-hybridized carbons (Fsp3) is 0.700. The van der Waals surface area contributed by atoms with Crippen LogP contribution >= 0.6 is 0 Å². The number of hydrogen-bond donors (Lipinski definition) is 2. The molecule has 0 unspecified atom stereocenters. The van der Waals surface area contributed by atoms with Crippen LogP contribution in [-0.4, -0.2) is 28.1 Å². The molecule has 0 aliphatic rings. The number of nitrogen functional groups attached to an aromatic ring is 2. The van der Waals surface area contributed by atoms with Gasteiger partial charge in [0.25, 0.3) is 5.95 Å². The fourth-order valence-electron chi connectivity index (χ4n) is 1.23. The summed E-state index contributed by atoms with van der Waals surface area (Å²) < 4.78 is 0. The number of aromatic nitrogens is 3. The number of nitrogens with zero attached hydrogens (tertiary/aromatic N) is 4. The molecule has 0 radical (unpaired) electrons. The van der Waals surface area contributed by atoms with E-state index in [1.807, 2.05) is 6.92 Å². The minimum atomic E-state index is 0.106. The van der Waals surface area contributed by atoms with Crippen LogP contribution in [0.2, 0.25) is 0 Å². The molecule has 7 heteroatoms. The van der Waals surface area contributed by atoms with Crippen LogP contribution in [0.15, 0.2) is 0 Å². The molecule has 1 rings (SSSR count). The molecule has 0 fully saturated rings. The lowest BCUT2D eigenvalue weighted by Gasteiger charge is -2.21. The molecule has 0 amide bonds. The standard InChI is InChI=1S/C10H20N6O/c1-3-5-6-16(17-7-4-2)10-14-8(11)13-9(12)15-10/h3-7H2,1-2H3,(H4,11,12,13,14,15). The summed E-state index contributed by atoms with van der Waals surface area (Å²) in [6, 6.07) is 0. The SMILES string of the molecule is CCCCN(OCCC)c1nc(N)nc(N)n1. The Hall–Kier alpha value is -1.63. The van der Waals surface area contributed by atoms with Gasteiger partial charge >= 0.3 is 0 Å². The third kappa shape index (κ3) is 4.39. The molecule has 0 aromatic carbocycles. The van der Waals surface area contributed by atoms with Gasteiger partial charge in [0, 0.05) is 6.54 Å². The average Bonchev–Trinajstić information content (AvgIpc) is 2.28. The lowest BCUT2D eigenvalue weighted by molar-refractivity contribution is 0.104. The molecule has 96 valence electrons. The molecule has 0 atom stereocenters. The van der Waals surface area contributed by atoms with Crippen LogP contribution in [-0.2, 0) is 4.84 Å². The van der Waals surface area contributed by atoms with Crippen molar-refractivity contribution < 1.29 is 4.84 Å². The summed E-state index contributed by atoms with van der Waals surface area (Å²) in [4.78, 5) is 17.3. The van der Waals surface area contributed by atoms with E-state index in [0.717, 1.165) is 19.3 Å². The van der Waals surface area contributed by atoms with E-state index in [9.17, 15) is 0 Å². The summed E-state index contributed by atoms with van der Waals surface area (Å²) >= 11 is 0. The Morgan fingerprint density at radius 1 is 1.06 bits per heavy atom. The van der Waals surface area contributed by atoms with Gasteiger partial charge in [0.05, 0.1) is 6.61 Å². The first-order valence-corrected chi connectivity index (χ1v) is 5.84. The maximum Gasteiger partial charge on any atom is 0.256 e. The second-order valence-corrected chi connectivity index (χ2v) is 3.64. The molecule has 17 heavy (non-hydrogen) atoms. The number of rotatable bonds is 7. The number of hydroxylamine groups is 1. The molecule has 0 aliphatic carbocycles. The third-order valence-corrected chi connectivity index (χ3v) is 2.05. The first-order chi connectivity index (χ1) is 8.17. The highest BCUT2D eigenvalue weighted by atomic mass is 16.7. The van der Waals surface area contributed by atoms with Crippen LogP contribution in [0, 0.1) is 0 Å². The predicted molar refractivity (Wildman–Crippen MR) is 67.1 cm³/mol. The lowest BCUT2D eigenvalue weighted by atomic mass is 10.3.